The van der Waals surface area contributed by atoms with Crippen LogP contribution in [0, 0.1) is 0 Å². The molecule has 68 valence electrons. The monoisotopic (exact) mass is 175 g/mol. The van der Waals surface area contributed by atoms with E-state index in [1.807, 2.05) is 0 Å². The van der Waals surface area contributed by atoms with Crippen molar-refractivity contribution in [2.45, 2.75) is 12.8 Å². The second-order valence-corrected chi connectivity index (χ2v) is 2.50. The lowest BCUT2D eigenvalue weighted by Gasteiger charge is -2.03. The van der Waals surface area contributed by atoms with Gasteiger partial charge < -0.3 is 10.3 Å². The fourth-order valence-electron chi connectivity index (χ4n) is 1.03. The summed E-state index contributed by atoms with van der Waals surface area (Å²) in [6.07, 6.45) is -0.743. The van der Waals surface area contributed by atoms with Crippen molar-refractivity contribution < 1.29 is 8.78 Å². The zero-order valence-electron chi connectivity index (χ0n) is 6.80. The summed E-state index contributed by atoms with van der Waals surface area (Å²) < 4.78 is 25.8. The van der Waals surface area contributed by atoms with Gasteiger partial charge in [-0.25, -0.2) is 13.8 Å². The first-order valence-electron chi connectivity index (χ1n) is 3.65. The van der Waals surface area contributed by atoms with Gasteiger partial charge in [0.2, 0.25) is 0 Å². The lowest BCUT2D eigenvalue weighted by molar-refractivity contribution is 0.142. The Kier molecular flexibility index (Phi) is 2.75. The minimum absolute atomic E-state index is 0.0570. The van der Waals surface area contributed by atoms with E-state index in [0.29, 0.717) is 18.8 Å². The van der Waals surface area contributed by atoms with Gasteiger partial charge in [-0.05, 0) is 6.54 Å². The summed E-state index contributed by atoms with van der Waals surface area (Å²) in [5, 5.41) is 0. The normalized spacial score (nSPS) is 11.1. The van der Waals surface area contributed by atoms with Crippen LogP contribution in [0.3, 0.4) is 0 Å². The number of aromatic nitrogens is 2. The molecule has 0 amide bonds. The van der Waals surface area contributed by atoms with E-state index in [1.165, 1.54) is 10.8 Å². The van der Waals surface area contributed by atoms with Crippen molar-refractivity contribution in [3.63, 3.8) is 0 Å². The molecule has 0 aromatic carbocycles. The van der Waals surface area contributed by atoms with Gasteiger partial charge in [0, 0.05) is 13.5 Å². The van der Waals surface area contributed by atoms with E-state index in [1.54, 1.807) is 7.05 Å². The Labute approximate surface area is 69.2 Å². The number of alkyl halides is 2. The first-order valence-corrected chi connectivity index (χ1v) is 3.65. The van der Waals surface area contributed by atoms with Gasteiger partial charge in [-0.15, -0.1) is 0 Å². The van der Waals surface area contributed by atoms with E-state index in [9.17, 15) is 8.78 Å². The van der Waals surface area contributed by atoms with Gasteiger partial charge in [0.05, 0.1) is 6.20 Å². The first-order chi connectivity index (χ1) is 5.66. The zero-order chi connectivity index (χ0) is 9.14. The van der Waals surface area contributed by atoms with Crippen molar-refractivity contribution in [3.05, 3.63) is 17.7 Å². The molecule has 0 saturated heterocycles. The van der Waals surface area contributed by atoms with Gasteiger partial charge in [0.1, 0.15) is 11.5 Å². The Hall–Kier alpha value is -0.970. The Morgan fingerprint density at radius 1 is 1.67 bits per heavy atom. The average Bonchev–Trinajstić information content (AvgIpc) is 2.34. The summed E-state index contributed by atoms with van der Waals surface area (Å²) in [6.45, 7) is 0.424. The highest BCUT2D eigenvalue weighted by molar-refractivity contribution is 5.06. The third-order valence-electron chi connectivity index (χ3n) is 1.71. The van der Waals surface area contributed by atoms with Gasteiger partial charge in [0.15, 0.2) is 0 Å². The van der Waals surface area contributed by atoms with E-state index >= 15 is 0 Å². The maximum absolute atomic E-state index is 12.2. The minimum atomic E-state index is -2.46. The average molecular weight is 175 g/mol. The smallest absolute Gasteiger partial charge is 0.279 e. The lowest BCUT2D eigenvalue weighted by atomic mass is 10.4. The molecule has 2 N–H and O–H groups in total. The Balaban J connectivity index is 2.88. The van der Waals surface area contributed by atoms with Crippen LogP contribution in [0.25, 0.3) is 0 Å². The predicted molar refractivity (Wildman–Crippen MR) is 40.9 cm³/mol. The molecule has 5 heteroatoms. The van der Waals surface area contributed by atoms with Crippen LogP contribution in [0.4, 0.5) is 8.78 Å². The number of hydrogen-bond acceptors (Lipinski definition) is 2. The molecule has 0 fully saturated rings. The van der Waals surface area contributed by atoms with Crippen molar-refractivity contribution in [2.75, 3.05) is 6.54 Å². The standard InChI is InChI=1S/C7H11F2N3/c1-12-5(7(8)9)4-11-6(12)2-3-10/h4,7H,2-3,10H2,1H3. The van der Waals surface area contributed by atoms with Crippen molar-refractivity contribution in [2.24, 2.45) is 12.8 Å². The molecule has 0 spiro atoms. The highest BCUT2D eigenvalue weighted by Gasteiger charge is 2.13. The second kappa shape index (κ2) is 3.62. The molecule has 1 aromatic heterocycles. The minimum Gasteiger partial charge on any atom is -0.330 e. The number of nitrogens with two attached hydrogens (primary N) is 1. The highest BCUT2D eigenvalue weighted by atomic mass is 19.3. The van der Waals surface area contributed by atoms with Crippen molar-refractivity contribution in [3.8, 4) is 0 Å². The van der Waals surface area contributed by atoms with Gasteiger partial charge in [-0.2, -0.15) is 0 Å². The molecule has 0 unspecified atom stereocenters. The van der Waals surface area contributed by atoms with E-state index in [2.05, 4.69) is 4.98 Å². The fourth-order valence-corrected chi connectivity index (χ4v) is 1.03. The van der Waals surface area contributed by atoms with Crippen LogP contribution in [-0.4, -0.2) is 16.1 Å². The summed E-state index contributed by atoms with van der Waals surface area (Å²) in [6, 6.07) is 0. The molecule has 0 aliphatic carbocycles. The number of nitrogens with zero attached hydrogens (tertiary/aromatic N) is 2. The van der Waals surface area contributed by atoms with Crippen molar-refractivity contribution >= 4 is 0 Å². The number of halogens is 2. The lowest BCUT2D eigenvalue weighted by Crippen LogP contribution is -2.09. The third-order valence-corrected chi connectivity index (χ3v) is 1.71. The summed E-state index contributed by atoms with van der Waals surface area (Å²) >= 11 is 0. The van der Waals surface area contributed by atoms with E-state index < -0.39 is 6.43 Å². The topological polar surface area (TPSA) is 43.8 Å². The quantitative estimate of drug-likeness (QED) is 0.740. The van der Waals surface area contributed by atoms with Gasteiger partial charge in [-0.3, -0.25) is 0 Å². The van der Waals surface area contributed by atoms with Crippen LogP contribution in [-0.2, 0) is 13.5 Å². The molecule has 0 bridgehead atoms. The number of hydrogen-bond donors (Lipinski definition) is 1. The van der Waals surface area contributed by atoms with E-state index in [0.717, 1.165) is 0 Å². The van der Waals surface area contributed by atoms with Crippen molar-refractivity contribution in [1.82, 2.24) is 9.55 Å². The maximum atomic E-state index is 12.2. The Morgan fingerprint density at radius 3 is 2.75 bits per heavy atom. The molecule has 0 aliphatic heterocycles. The number of imidazole rings is 1. The molecule has 1 aromatic rings. The second-order valence-electron chi connectivity index (χ2n) is 2.50. The van der Waals surface area contributed by atoms with Gasteiger partial charge in [-0.1, -0.05) is 0 Å². The summed E-state index contributed by atoms with van der Waals surface area (Å²) in [4.78, 5) is 3.83. The zero-order valence-corrected chi connectivity index (χ0v) is 6.80. The van der Waals surface area contributed by atoms with Crippen LogP contribution in [0.15, 0.2) is 6.20 Å². The largest absolute Gasteiger partial charge is 0.330 e. The van der Waals surface area contributed by atoms with E-state index in [4.69, 9.17) is 5.73 Å². The SMILES string of the molecule is Cn1c(C(F)F)cnc1CCN. The van der Waals surface area contributed by atoms with Crippen LogP contribution in [0.2, 0.25) is 0 Å². The molecule has 0 radical (unpaired) electrons. The molecule has 0 atom stereocenters. The molecular weight excluding hydrogens is 164 g/mol. The summed E-state index contributed by atoms with van der Waals surface area (Å²) in [5.41, 5.74) is 5.22. The number of rotatable bonds is 3. The van der Waals surface area contributed by atoms with Crippen LogP contribution in [0.5, 0.6) is 0 Å². The Bertz CT molecular complexity index is 257. The molecule has 1 heterocycles. The molecule has 1 rings (SSSR count). The molecular formula is C7H11F2N3. The maximum Gasteiger partial charge on any atom is 0.279 e. The van der Waals surface area contributed by atoms with Gasteiger partial charge in [0.25, 0.3) is 6.43 Å². The van der Waals surface area contributed by atoms with E-state index in [-0.39, 0.29) is 5.69 Å². The molecule has 0 aliphatic rings. The Morgan fingerprint density at radius 2 is 2.33 bits per heavy atom. The van der Waals surface area contributed by atoms with Crippen LogP contribution < -0.4 is 5.73 Å². The summed E-state index contributed by atoms with van der Waals surface area (Å²) in [7, 11) is 1.57. The van der Waals surface area contributed by atoms with Crippen LogP contribution >= 0.6 is 0 Å². The van der Waals surface area contributed by atoms with Crippen LogP contribution in [0.1, 0.15) is 17.9 Å². The first kappa shape index (κ1) is 9.12. The predicted octanol–water partition coefficient (Wildman–Crippen LogP) is 0.859. The summed E-state index contributed by atoms with van der Waals surface area (Å²) in [5.74, 6) is 0.604. The fraction of sp³-hybridized carbons (Fsp3) is 0.571. The molecule has 0 saturated carbocycles. The van der Waals surface area contributed by atoms with Crippen molar-refractivity contribution in [1.29, 1.82) is 0 Å². The van der Waals surface area contributed by atoms with Gasteiger partial charge >= 0.3 is 0 Å². The molecule has 12 heavy (non-hydrogen) atoms. The molecule has 3 nitrogen and oxygen atoms in total. The highest BCUT2D eigenvalue weighted by Crippen LogP contribution is 2.18. The third kappa shape index (κ3) is 1.61.